The first-order chi connectivity index (χ1) is 9.10. The van der Waals surface area contributed by atoms with Gasteiger partial charge in [-0.25, -0.2) is 0 Å². The molecule has 0 aromatic heterocycles. The van der Waals surface area contributed by atoms with E-state index >= 15 is 0 Å². The van der Waals surface area contributed by atoms with E-state index in [2.05, 4.69) is 38.0 Å². The summed E-state index contributed by atoms with van der Waals surface area (Å²) in [5.41, 5.74) is 0. The molecular formula is C17H34N2. The van der Waals surface area contributed by atoms with Crippen LogP contribution in [0, 0.1) is 23.7 Å². The van der Waals surface area contributed by atoms with E-state index in [0.29, 0.717) is 0 Å². The molecule has 2 aliphatic rings. The Hall–Kier alpha value is -0.0800. The molecule has 0 radical (unpaired) electrons. The molecule has 2 saturated carbocycles. The molecule has 2 heteroatoms. The predicted molar refractivity (Wildman–Crippen MR) is 83.4 cm³/mol. The van der Waals surface area contributed by atoms with Crippen LogP contribution in [0.25, 0.3) is 0 Å². The zero-order valence-electron chi connectivity index (χ0n) is 13.5. The lowest BCUT2D eigenvalue weighted by molar-refractivity contribution is 0.157. The minimum Gasteiger partial charge on any atom is -0.314 e. The van der Waals surface area contributed by atoms with Gasteiger partial charge in [0, 0.05) is 19.1 Å². The largest absolute Gasteiger partial charge is 0.314 e. The highest BCUT2D eigenvalue weighted by Crippen LogP contribution is 2.38. The summed E-state index contributed by atoms with van der Waals surface area (Å²) in [5.74, 6) is 3.78. The summed E-state index contributed by atoms with van der Waals surface area (Å²) in [6.07, 6.45) is 6.95. The van der Waals surface area contributed by atoms with E-state index in [-0.39, 0.29) is 0 Å². The summed E-state index contributed by atoms with van der Waals surface area (Å²) < 4.78 is 0. The van der Waals surface area contributed by atoms with Crippen LogP contribution in [0.2, 0.25) is 0 Å². The fraction of sp³-hybridized carbons (Fsp3) is 1.00. The molecule has 5 atom stereocenters. The first kappa shape index (κ1) is 15.3. The topological polar surface area (TPSA) is 15.3 Å². The molecule has 5 unspecified atom stereocenters. The molecule has 0 aromatic rings. The third-order valence-electron chi connectivity index (χ3n) is 5.27. The van der Waals surface area contributed by atoms with Gasteiger partial charge in [0.25, 0.3) is 0 Å². The Morgan fingerprint density at radius 2 is 1.74 bits per heavy atom. The molecule has 0 amide bonds. The molecule has 2 nitrogen and oxygen atoms in total. The summed E-state index contributed by atoms with van der Waals surface area (Å²) >= 11 is 0. The molecule has 0 aromatic carbocycles. The van der Waals surface area contributed by atoms with Gasteiger partial charge in [-0.1, -0.05) is 20.8 Å². The highest BCUT2D eigenvalue weighted by molar-refractivity contribution is 4.88. The number of hydrogen-bond acceptors (Lipinski definition) is 2. The monoisotopic (exact) mass is 266 g/mol. The number of rotatable bonds is 7. The van der Waals surface area contributed by atoms with E-state index in [0.717, 1.165) is 29.7 Å². The number of nitrogens with zero attached hydrogens (tertiary/aromatic N) is 1. The zero-order valence-corrected chi connectivity index (χ0v) is 13.5. The lowest BCUT2D eigenvalue weighted by Crippen LogP contribution is -2.45. The Morgan fingerprint density at radius 3 is 2.37 bits per heavy atom. The Balaban J connectivity index is 1.78. The van der Waals surface area contributed by atoms with Crippen LogP contribution in [0.3, 0.4) is 0 Å². The standard InChI is InChI=1S/C17H34N2/c1-5-8-18-17-7-6-13(2)9-16(17)12-19(4)11-15-10-14(15)3/h13-18H,5-12H2,1-4H3. The van der Waals surface area contributed by atoms with Gasteiger partial charge in [-0.05, 0) is 69.4 Å². The summed E-state index contributed by atoms with van der Waals surface area (Å²) in [7, 11) is 2.33. The van der Waals surface area contributed by atoms with Crippen molar-refractivity contribution < 1.29 is 0 Å². The van der Waals surface area contributed by atoms with E-state index in [9.17, 15) is 0 Å². The fourth-order valence-electron chi connectivity index (χ4n) is 3.83. The maximum atomic E-state index is 3.80. The first-order valence-electron chi connectivity index (χ1n) is 8.52. The summed E-state index contributed by atoms with van der Waals surface area (Å²) in [4.78, 5) is 2.61. The Labute approximate surface area is 120 Å². The van der Waals surface area contributed by atoms with Gasteiger partial charge in [0.05, 0.1) is 0 Å². The van der Waals surface area contributed by atoms with Crippen molar-refractivity contribution in [3.05, 3.63) is 0 Å². The van der Waals surface area contributed by atoms with Crippen molar-refractivity contribution in [2.24, 2.45) is 23.7 Å². The first-order valence-corrected chi connectivity index (χ1v) is 8.52. The van der Waals surface area contributed by atoms with Crippen LogP contribution in [0.15, 0.2) is 0 Å². The lowest BCUT2D eigenvalue weighted by Gasteiger charge is -2.37. The molecule has 2 rings (SSSR count). The molecular weight excluding hydrogens is 232 g/mol. The maximum Gasteiger partial charge on any atom is 0.0108 e. The number of hydrogen-bond donors (Lipinski definition) is 1. The number of nitrogens with one attached hydrogen (secondary N) is 1. The van der Waals surface area contributed by atoms with Crippen LogP contribution in [-0.2, 0) is 0 Å². The second-order valence-electron chi connectivity index (χ2n) is 7.43. The Bertz CT molecular complexity index is 264. The third kappa shape index (κ3) is 4.75. The molecule has 0 saturated heterocycles. The lowest BCUT2D eigenvalue weighted by atomic mass is 9.78. The maximum absolute atomic E-state index is 3.80. The molecule has 0 bridgehead atoms. The van der Waals surface area contributed by atoms with Gasteiger partial charge in [0.2, 0.25) is 0 Å². The van der Waals surface area contributed by atoms with Crippen LogP contribution in [0.4, 0.5) is 0 Å². The van der Waals surface area contributed by atoms with Gasteiger partial charge in [-0.2, -0.15) is 0 Å². The van der Waals surface area contributed by atoms with Crippen LogP contribution < -0.4 is 5.32 Å². The van der Waals surface area contributed by atoms with Crippen molar-refractivity contribution in [2.75, 3.05) is 26.7 Å². The smallest absolute Gasteiger partial charge is 0.0108 e. The molecule has 1 N–H and O–H groups in total. The second-order valence-corrected chi connectivity index (χ2v) is 7.43. The second kappa shape index (κ2) is 7.08. The van der Waals surface area contributed by atoms with Crippen LogP contribution >= 0.6 is 0 Å². The minimum absolute atomic E-state index is 0.773. The molecule has 112 valence electrons. The molecule has 0 aliphatic heterocycles. The minimum atomic E-state index is 0.773. The summed E-state index contributed by atoms with van der Waals surface area (Å²) in [5, 5.41) is 3.80. The van der Waals surface area contributed by atoms with E-state index in [1.54, 1.807) is 0 Å². The quantitative estimate of drug-likeness (QED) is 0.760. The Kier molecular flexibility index (Phi) is 5.70. The molecule has 2 fully saturated rings. The Morgan fingerprint density at radius 1 is 1.05 bits per heavy atom. The highest BCUT2D eigenvalue weighted by atomic mass is 15.1. The van der Waals surface area contributed by atoms with Crippen molar-refractivity contribution in [1.29, 1.82) is 0 Å². The summed E-state index contributed by atoms with van der Waals surface area (Å²) in [6, 6.07) is 0.773. The van der Waals surface area contributed by atoms with Crippen molar-refractivity contribution in [3.63, 3.8) is 0 Å². The van der Waals surface area contributed by atoms with Crippen molar-refractivity contribution in [3.8, 4) is 0 Å². The molecule has 0 heterocycles. The van der Waals surface area contributed by atoms with E-state index in [1.165, 1.54) is 51.7 Å². The van der Waals surface area contributed by atoms with Crippen LogP contribution in [-0.4, -0.2) is 37.6 Å². The van der Waals surface area contributed by atoms with E-state index in [4.69, 9.17) is 0 Å². The highest BCUT2D eigenvalue weighted by Gasteiger charge is 2.34. The SMILES string of the molecule is CCCNC1CCC(C)CC1CN(C)CC1CC1C. The van der Waals surface area contributed by atoms with E-state index in [1.807, 2.05) is 0 Å². The van der Waals surface area contributed by atoms with Crippen molar-refractivity contribution in [1.82, 2.24) is 10.2 Å². The molecule has 2 aliphatic carbocycles. The molecule has 0 spiro atoms. The third-order valence-corrected chi connectivity index (χ3v) is 5.27. The van der Waals surface area contributed by atoms with Crippen LogP contribution in [0.5, 0.6) is 0 Å². The summed E-state index contributed by atoms with van der Waals surface area (Å²) in [6.45, 7) is 10.9. The average Bonchev–Trinajstić information content (AvgIpc) is 3.03. The van der Waals surface area contributed by atoms with Gasteiger partial charge in [0.1, 0.15) is 0 Å². The van der Waals surface area contributed by atoms with Gasteiger partial charge >= 0.3 is 0 Å². The van der Waals surface area contributed by atoms with Crippen molar-refractivity contribution >= 4 is 0 Å². The van der Waals surface area contributed by atoms with E-state index < -0.39 is 0 Å². The van der Waals surface area contributed by atoms with Gasteiger partial charge in [0.15, 0.2) is 0 Å². The zero-order chi connectivity index (χ0) is 13.8. The van der Waals surface area contributed by atoms with Gasteiger partial charge < -0.3 is 10.2 Å². The van der Waals surface area contributed by atoms with Crippen molar-refractivity contribution in [2.45, 2.75) is 58.9 Å². The predicted octanol–water partition coefficient (Wildman–Crippen LogP) is 3.38. The van der Waals surface area contributed by atoms with Gasteiger partial charge in [-0.15, -0.1) is 0 Å². The fourth-order valence-corrected chi connectivity index (χ4v) is 3.83. The normalized spacial score (nSPS) is 38.7. The van der Waals surface area contributed by atoms with Crippen LogP contribution in [0.1, 0.15) is 52.9 Å². The molecule has 19 heavy (non-hydrogen) atoms. The average molecular weight is 266 g/mol. The van der Waals surface area contributed by atoms with Gasteiger partial charge in [-0.3, -0.25) is 0 Å².